The van der Waals surface area contributed by atoms with Gasteiger partial charge in [0.15, 0.2) is 0 Å². The minimum Gasteiger partial charge on any atom is -0.192 e. The van der Waals surface area contributed by atoms with Gasteiger partial charge in [-0.2, -0.15) is 5.26 Å². The third-order valence-electron chi connectivity index (χ3n) is 3.12. The van der Waals surface area contributed by atoms with Crippen LogP contribution < -0.4 is 0 Å². The Bertz CT molecular complexity index is 598. The number of benzene rings is 2. The number of rotatable bonds is 3. The van der Waals surface area contributed by atoms with Crippen LogP contribution in [0.25, 0.3) is 11.6 Å². The molecule has 0 N–H and O–H groups in total. The summed E-state index contributed by atoms with van der Waals surface area (Å²) in [6.07, 6.45) is 1.93. The van der Waals surface area contributed by atoms with Crippen molar-refractivity contribution >= 4 is 11.6 Å². The van der Waals surface area contributed by atoms with E-state index in [4.69, 9.17) is 0 Å². The molecule has 94 valence electrons. The molecule has 0 radical (unpaired) electrons. The molecule has 2 aromatic carbocycles. The zero-order chi connectivity index (χ0) is 13.7. The minimum atomic E-state index is 0.530. The summed E-state index contributed by atoms with van der Waals surface area (Å²) in [6.45, 7) is 4.35. The maximum absolute atomic E-state index is 9.27. The zero-order valence-electron chi connectivity index (χ0n) is 11.3. The lowest BCUT2D eigenvalue weighted by Crippen LogP contribution is -1.87. The molecule has 2 aromatic rings. The average Bonchev–Trinajstić information content (AvgIpc) is 2.46. The molecule has 1 heteroatoms. The fourth-order valence-corrected chi connectivity index (χ4v) is 1.94. The number of nitrogens with zero attached hydrogens (tertiary/aromatic N) is 1. The van der Waals surface area contributed by atoms with E-state index in [0.29, 0.717) is 11.5 Å². The van der Waals surface area contributed by atoms with Crippen molar-refractivity contribution in [2.75, 3.05) is 0 Å². The van der Waals surface area contributed by atoms with Gasteiger partial charge < -0.3 is 0 Å². The summed E-state index contributed by atoms with van der Waals surface area (Å²) >= 11 is 0. The van der Waals surface area contributed by atoms with Gasteiger partial charge in [0.2, 0.25) is 0 Å². The van der Waals surface area contributed by atoms with E-state index in [1.807, 2.05) is 36.4 Å². The second-order valence-corrected chi connectivity index (χ2v) is 4.86. The van der Waals surface area contributed by atoms with Crippen LogP contribution in [0.2, 0.25) is 0 Å². The molecule has 0 saturated heterocycles. The summed E-state index contributed by atoms with van der Waals surface area (Å²) in [5, 5.41) is 9.27. The summed E-state index contributed by atoms with van der Waals surface area (Å²) in [5.41, 5.74) is 4.02. The van der Waals surface area contributed by atoms with Crippen molar-refractivity contribution in [2.24, 2.45) is 0 Å². The van der Waals surface area contributed by atoms with E-state index in [9.17, 15) is 5.26 Å². The van der Waals surface area contributed by atoms with Crippen LogP contribution in [0, 0.1) is 11.3 Å². The molecule has 0 aliphatic rings. The Morgan fingerprint density at radius 2 is 1.63 bits per heavy atom. The second-order valence-electron chi connectivity index (χ2n) is 4.86. The standard InChI is InChI=1S/C18H17N/c1-14(2)16-10-8-15(9-11-16)12-18(13-19)17-6-4-3-5-7-17/h3-12,14H,1-2H3/b18-12+. The van der Waals surface area contributed by atoms with Crippen molar-refractivity contribution in [3.63, 3.8) is 0 Å². The Morgan fingerprint density at radius 1 is 1.00 bits per heavy atom. The van der Waals surface area contributed by atoms with Gasteiger partial charge in [0.05, 0.1) is 11.6 Å². The van der Waals surface area contributed by atoms with E-state index in [1.165, 1.54) is 5.56 Å². The summed E-state index contributed by atoms with van der Waals surface area (Å²) in [4.78, 5) is 0. The molecule has 0 aliphatic carbocycles. The normalized spacial score (nSPS) is 11.4. The molecule has 0 unspecified atom stereocenters. The van der Waals surface area contributed by atoms with E-state index in [-0.39, 0.29) is 0 Å². The molecule has 1 nitrogen and oxygen atoms in total. The van der Waals surface area contributed by atoms with Gasteiger partial charge in [-0.05, 0) is 28.7 Å². The number of allylic oxidation sites excluding steroid dienone is 1. The SMILES string of the molecule is CC(C)c1ccc(/C=C(\C#N)c2ccccc2)cc1. The number of nitriles is 1. The van der Waals surface area contributed by atoms with Gasteiger partial charge >= 0.3 is 0 Å². The maximum Gasteiger partial charge on any atom is 0.0998 e. The van der Waals surface area contributed by atoms with Gasteiger partial charge in [-0.3, -0.25) is 0 Å². The molecular weight excluding hydrogens is 230 g/mol. The van der Waals surface area contributed by atoms with E-state index in [1.54, 1.807) is 0 Å². The van der Waals surface area contributed by atoms with Crippen LogP contribution in [-0.4, -0.2) is 0 Å². The van der Waals surface area contributed by atoms with E-state index >= 15 is 0 Å². The molecule has 0 fully saturated rings. The highest BCUT2D eigenvalue weighted by Gasteiger charge is 2.01. The molecule has 0 saturated carbocycles. The molecule has 0 aliphatic heterocycles. The van der Waals surface area contributed by atoms with Crippen molar-refractivity contribution in [1.82, 2.24) is 0 Å². The Labute approximate surface area is 114 Å². The van der Waals surface area contributed by atoms with E-state index in [0.717, 1.165) is 11.1 Å². The number of hydrogen-bond donors (Lipinski definition) is 0. The quantitative estimate of drug-likeness (QED) is 0.560. The number of hydrogen-bond acceptors (Lipinski definition) is 1. The largest absolute Gasteiger partial charge is 0.192 e. The first kappa shape index (κ1) is 13.1. The lowest BCUT2D eigenvalue weighted by Gasteiger charge is -2.05. The van der Waals surface area contributed by atoms with E-state index < -0.39 is 0 Å². The molecule has 0 heterocycles. The Morgan fingerprint density at radius 3 is 2.16 bits per heavy atom. The molecule has 0 spiro atoms. The van der Waals surface area contributed by atoms with Gasteiger partial charge in [-0.15, -0.1) is 0 Å². The van der Waals surface area contributed by atoms with Crippen molar-refractivity contribution < 1.29 is 0 Å². The smallest absolute Gasteiger partial charge is 0.0998 e. The highest BCUT2D eigenvalue weighted by molar-refractivity contribution is 5.89. The lowest BCUT2D eigenvalue weighted by atomic mass is 10.00. The first-order chi connectivity index (χ1) is 9.20. The van der Waals surface area contributed by atoms with E-state index in [2.05, 4.69) is 44.2 Å². The van der Waals surface area contributed by atoms with Crippen LogP contribution in [0.15, 0.2) is 54.6 Å². The third kappa shape index (κ3) is 3.33. The van der Waals surface area contributed by atoms with Crippen molar-refractivity contribution in [3.05, 3.63) is 71.3 Å². The molecular formula is C18H17N. The monoisotopic (exact) mass is 247 g/mol. The molecule has 19 heavy (non-hydrogen) atoms. The molecule has 0 aromatic heterocycles. The first-order valence-corrected chi connectivity index (χ1v) is 6.48. The Hall–Kier alpha value is -2.33. The molecule has 0 amide bonds. The summed E-state index contributed by atoms with van der Waals surface area (Å²) in [5.74, 6) is 0.530. The van der Waals surface area contributed by atoms with Crippen LogP contribution in [-0.2, 0) is 0 Å². The Balaban J connectivity index is 2.31. The van der Waals surface area contributed by atoms with Crippen molar-refractivity contribution in [3.8, 4) is 6.07 Å². The van der Waals surface area contributed by atoms with Crippen LogP contribution in [0.5, 0.6) is 0 Å². The maximum atomic E-state index is 9.27. The van der Waals surface area contributed by atoms with Crippen LogP contribution >= 0.6 is 0 Å². The molecule has 2 rings (SSSR count). The lowest BCUT2D eigenvalue weighted by molar-refractivity contribution is 0.866. The fraction of sp³-hybridized carbons (Fsp3) is 0.167. The average molecular weight is 247 g/mol. The zero-order valence-corrected chi connectivity index (χ0v) is 11.3. The Kier molecular flexibility index (Phi) is 4.15. The second kappa shape index (κ2) is 6.02. The predicted molar refractivity (Wildman–Crippen MR) is 80.5 cm³/mol. The van der Waals surface area contributed by atoms with Crippen LogP contribution in [0.3, 0.4) is 0 Å². The third-order valence-corrected chi connectivity index (χ3v) is 3.12. The summed E-state index contributed by atoms with van der Waals surface area (Å²) in [6, 6.07) is 20.4. The van der Waals surface area contributed by atoms with Gasteiger partial charge in [0, 0.05) is 0 Å². The predicted octanol–water partition coefficient (Wildman–Crippen LogP) is 4.87. The molecule has 0 atom stereocenters. The van der Waals surface area contributed by atoms with Crippen LogP contribution in [0.4, 0.5) is 0 Å². The van der Waals surface area contributed by atoms with Crippen molar-refractivity contribution in [2.45, 2.75) is 19.8 Å². The first-order valence-electron chi connectivity index (χ1n) is 6.48. The van der Waals surface area contributed by atoms with Gasteiger partial charge in [0.25, 0.3) is 0 Å². The van der Waals surface area contributed by atoms with Gasteiger partial charge in [0.1, 0.15) is 0 Å². The minimum absolute atomic E-state index is 0.530. The topological polar surface area (TPSA) is 23.8 Å². The molecule has 0 bridgehead atoms. The summed E-state index contributed by atoms with van der Waals surface area (Å²) < 4.78 is 0. The highest BCUT2D eigenvalue weighted by atomic mass is 14.2. The van der Waals surface area contributed by atoms with Gasteiger partial charge in [-0.1, -0.05) is 68.4 Å². The summed E-state index contributed by atoms with van der Waals surface area (Å²) in [7, 11) is 0. The fourth-order valence-electron chi connectivity index (χ4n) is 1.94. The van der Waals surface area contributed by atoms with Gasteiger partial charge in [-0.25, -0.2) is 0 Å². The van der Waals surface area contributed by atoms with Crippen molar-refractivity contribution in [1.29, 1.82) is 5.26 Å². The highest BCUT2D eigenvalue weighted by Crippen LogP contribution is 2.19. The van der Waals surface area contributed by atoms with Crippen LogP contribution in [0.1, 0.15) is 36.5 Å².